The second kappa shape index (κ2) is 8.84. The van der Waals surface area contributed by atoms with Crippen LogP contribution in [0.2, 0.25) is 0 Å². The lowest BCUT2D eigenvalue weighted by Gasteiger charge is -2.16. The van der Waals surface area contributed by atoms with Gasteiger partial charge in [-0.1, -0.05) is 17.7 Å². The molecule has 1 N–H and O–H groups in total. The van der Waals surface area contributed by atoms with E-state index in [9.17, 15) is 14.4 Å². The molecule has 1 amide bonds. The van der Waals surface area contributed by atoms with Gasteiger partial charge in [0.05, 0.1) is 31.0 Å². The van der Waals surface area contributed by atoms with Crippen LogP contribution >= 0.6 is 0 Å². The number of rotatable bonds is 6. The van der Waals surface area contributed by atoms with Crippen LogP contribution in [0.5, 0.6) is 5.75 Å². The predicted molar refractivity (Wildman–Crippen MR) is 99.0 cm³/mol. The minimum Gasteiger partial charge on any atom is -0.481 e. The Kier molecular flexibility index (Phi) is 6.54. The first-order valence-electron chi connectivity index (χ1n) is 8.20. The van der Waals surface area contributed by atoms with Crippen LogP contribution in [0.4, 0.5) is 5.69 Å². The molecular weight excluding hydrogens is 350 g/mol. The molecule has 0 aliphatic carbocycles. The van der Waals surface area contributed by atoms with Crippen LogP contribution in [-0.4, -0.2) is 38.2 Å². The Morgan fingerprint density at radius 3 is 2.15 bits per heavy atom. The van der Waals surface area contributed by atoms with Crippen LogP contribution in [0.3, 0.4) is 0 Å². The fourth-order valence-electron chi connectivity index (χ4n) is 2.29. The highest BCUT2D eigenvalue weighted by molar-refractivity contribution is 6.04. The molecule has 0 saturated heterocycles. The minimum atomic E-state index is -0.833. The number of benzene rings is 2. The molecule has 2 aromatic rings. The van der Waals surface area contributed by atoms with Crippen molar-refractivity contribution in [2.45, 2.75) is 20.0 Å². The van der Waals surface area contributed by atoms with Gasteiger partial charge in [-0.2, -0.15) is 0 Å². The van der Waals surface area contributed by atoms with Gasteiger partial charge in [-0.05, 0) is 44.2 Å². The third-order valence-electron chi connectivity index (χ3n) is 3.81. The maximum Gasteiger partial charge on any atom is 0.339 e. The van der Waals surface area contributed by atoms with Crippen molar-refractivity contribution in [3.05, 3.63) is 59.2 Å². The maximum absolute atomic E-state index is 12.5. The Hall–Kier alpha value is -3.35. The number of carbonyl (C=O) groups is 3. The number of esters is 2. The van der Waals surface area contributed by atoms with Crippen LogP contribution in [0.15, 0.2) is 42.5 Å². The minimum absolute atomic E-state index is 0.112. The second-order valence-electron chi connectivity index (χ2n) is 5.81. The molecule has 0 aliphatic rings. The maximum atomic E-state index is 12.5. The summed E-state index contributed by atoms with van der Waals surface area (Å²) in [5.74, 6) is -1.18. The smallest absolute Gasteiger partial charge is 0.339 e. The molecule has 0 aliphatic heterocycles. The third kappa shape index (κ3) is 5.07. The zero-order chi connectivity index (χ0) is 20.0. The molecule has 0 saturated carbocycles. The van der Waals surface area contributed by atoms with Gasteiger partial charge < -0.3 is 19.5 Å². The first kappa shape index (κ1) is 20.0. The second-order valence-corrected chi connectivity index (χ2v) is 5.81. The number of ether oxygens (including phenoxy) is 3. The fraction of sp³-hybridized carbons (Fsp3) is 0.250. The summed E-state index contributed by atoms with van der Waals surface area (Å²) in [6.07, 6.45) is -0.833. The van der Waals surface area contributed by atoms with Crippen molar-refractivity contribution < 1.29 is 28.6 Å². The molecule has 0 heterocycles. The topological polar surface area (TPSA) is 90.9 Å². The third-order valence-corrected chi connectivity index (χ3v) is 3.81. The lowest BCUT2D eigenvalue weighted by molar-refractivity contribution is -0.122. The van der Waals surface area contributed by atoms with Gasteiger partial charge in [0.25, 0.3) is 5.91 Å². The molecule has 0 aromatic heterocycles. The van der Waals surface area contributed by atoms with E-state index in [2.05, 4.69) is 10.1 Å². The number of hydrogen-bond acceptors (Lipinski definition) is 6. The van der Waals surface area contributed by atoms with E-state index in [1.54, 1.807) is 19.1 Å². The standard InChI is InChI=1S/C20H21NO6/c1-12-5-8-15(9-6-12)27-13(2)18(22)21-17-11-14(19(23)25-3)7-10-16(17)20(24)26-4/h5-11,13H,1-4H3,(H,21,22)/t13-/m1/s1. The summed E-state index contributed by atoms with van der Waals surface area (Å²) in [6, 6.07) is 11.4. The molecule has 0 radical (unpaired) electrons. The van der Waals surface area contributed by atoms with E-state index in [1.807, 2.05) is 19.1 Å². The number of nitrogens with one attached hydrogen (secondary N) is 1. The van der Waals surface area contributed by atoms with Crippen LogP contribution in [0, 0.1) is 6.92 Å². The van der Waals surface area contributed by atoms with Crippen molar-refractivity contribution in [2.75, 3.05) is 19.5 Å². The van der Waals surface area contributed by atoms with E-state index in [0.29, 0.717) is 5.75 Å². The summed E-state index contributed by atoms with van der Waals surface area (Å²) in [5.41, 5.74) is 1.50. The Labute approximate surface area is 157 Å². The van der Waals surface area contributed by atoms with Gasteiger partial charge in [-0.15, -0.1) is 0 Å². The van der Waals surface area contributed by atoms with E-state index in [0.717, 1.165) is 5.56 Å². The number of hydrogen-bond donors (Lipinski definition) is 1. The molecule has 142 valence electrons. The number of methoxy groups -OCH3 is 2. The van der Waals surface area contributed by atoms with Crippen molar-refractivity contribution in [3.8, 4) is 5.75 Å². The van der Waals surface area contributed by atoms with Crippen molar-refractivity contribution in [1.82, 2.24) is 0 Å². The van der Waals surface area contributed by atoms with E-state index < -0.39 is 23.9 Å². The molecule has 7 heteroatoms. The number of carbonyl (C=O) groups excluding carboxylic acids is 3. The van der Waals surface area contributed by atoms with Gasteiger partial charge in [0, 0.05) is 0 Å². The summed E-state index contributed by atoms with van der Waals surface area (Å²) >= 11 is 0. The summed E-state index contributed by atoms with van der Waals surface area (Å²) in [4.78, 5) is 36.2. The summed E-state index contributed by atoms with van der Waals surface area (Å²) in [7, 11) is 2.47. The highest BCUT2D eigenvalue weighted by Crippen LogP contribution is 2.21. The highest BCUT2D eigenvalue weighted by Gasteiger charge is 2.21. The van der Waals surface area contributed by atoms with Gasteiger partial charge in [0.2, 0.25) is 0 Å². The van der Waals surface area contributed by atoms with Crippen molar-refractivity contribution in [2.24, 2.45) is 0 Å². The predicted octanol–water partition coefficient (Wildman–Crippen LogP) is 2.97. The zero-order valence-corrected chi connectivity index (χ0v) is 15.6. The Morgan fingerprint density at radius 2 is 1.56 bits per heavy atom. The zero-order valence-electron chi connectivity index (χ0n) is 15.6. The van der Waals surface area contributed by atoms with Crippen LogP contribution < -0.4 is 10.1 Å². The number of aryl methyl sites for hydroxylation is 1. The van der Waals surface area contributed by atoms with E-state index in [-0.39, 0.29) is 16.8 Å². The highest BCUT2D eigenvalue weighted by atomic mass is 16.5. The van der Waals surface area contributed by atoms with Crippen molar-refractivity contribution in [3.63, 3.8) is 0 Å². The van der Waals surface area contributed by atoms with Crippen molar-refractivity contribution >= 4 is 23.5 Å². The SMILES string of the molecule is COC(=O)c1ccc(C(=O)OC)c(NC(=O)[C@@H](C)Oc2ccc(C)cc2)c1. The average Bonchev–Trinajstić information content (AvgIpc) is 2.68. The molecule has 0 unspecified atom stereocenters. The molecule has 7 nitrogen and oxygen atoms in total. The quantitative estimate of drug-likeness (QED) is 0.785. The van der Waals surface area contributed by atoms with Gasteiger partial charge in [-0.3, -0.25) is 4.79 Å². The fourth-order valence-corrected chi connectivity index (χ4v) is 2.29. The van der Waals surface area contributed by atoms with Crippen LogP contribution in [-0.2, 0) is 14.3 Å². The number of amides is 1. The first-order valence-corrected chi connectivity index (χ1v) is 8.20. The molecule has 2 rings (SSSR count). The molecule has 0 spiro atoms. The molecular formula is C20H21NO6. The molecule has 2 aromatic carbocycles. The van der Waals surface area contributed by atoms with Gasteiger partial charge in [-0.25, -0.2) is 9.59 Å². The molecule has 0 bridgehead atoms. The van der Waals surface area contributed by atoms with Gasteiger partial charge in [0.1, 0.15) is 5.75 Å². The van der Waals surface area contributed by atoms with Gasteiger partial charge >= 0.3 is 11.9 Å². The first-order chi connectivity index (χ1) is 12.8. The number of anilines is 1. The Morgan fingerprint density at radius 1 is 0.926 bits per heavy atom. The summed E-state index contributed by atoms with van der Waals surface area (Å²) in [5, 5.41) is 2.60. The monoisotopic (exact) mass is 371 g/mol. The van der Waals surface area contributed by atoms with Crippen molar-refractivity contribution in [1.29, 1.82) is 0 Å². The summed E-state index contributed by atoms with van der Waals surface area (Å²) < 4.78 is 15.0. The Bertz CT molecular complexity index is 844. The lowest BCUT2D eigenvalue weighted by Crippen LogP contribution is -2.31. The summed E-state index contributed by atoms with van der Waals surface area (Å²) in [6.45, 7) is 3.53. The lowest BCUT2D eigenvalue weighted by atomic mass is 10.1. The van der Waals surface area contributed by atoms with Crippen LogP contribution in [0.25, 0.3) is 0 Å². The van der Waals surface area contributed by atoms with Crippen LogP contribution in [0.1, 0.15) is 33.2 Å². The normalized spacial score (nSPS) is 11.3. The average molecular weight is 371 g/mol. The Balaban J connectivity index is 2.22. The van der Waals surface area contributed by atoms with E-state index >= 15 is 0 Å². The molecule has 0 fully saturated rings. The molecule has 1 atom stereocenters. The van der Waals surface area contributed by atoms with E-state index in [4.69, 9.17) is 9.47 Å². The molecule has 27 heavy (non-hydrogen) atoms. The van der Waals surface area contributed by atoms with E-state index in [1.165, 1.54) is 32.4 Å². The largest absolute Gasteiger partial charge is 0.481 e. The van der Waals surface area contributed by atoms with Gasteiger partial charge in [0.15, 0.2) is 6.10 Å².